The summed E-state index contributed by atoms with van der Waals surface area (Å²) in [4.78, 5) is 14.2. The number of nitrogens with zero attached hydrogens (tertiary/aromatic N) is 4. The van der Waals surface area contributed by atoms with Crippen molar-refractivity contribution in [1.29, 1.82) is 0 Å². The summed E-state index contributed by atoms with van der Waals surface area (Å²) in [6.45, 7) is 4.79. The zero-order chi connectivity index (χ0) is 16.8. The molecule has 5 rings (SSSR count). The van der Waals surface area contributed by atoms with Crippen LogP contribution in [-0.4, -0.2) is 48.1 Å². The third-order valence-electron chi connectivity index (χ3n) is 5.70. The lowest BCUT2D eigenvalue weighted by molar-refractivity contribution is 0.387. The van der Waals surface area contributed by atoms with E-state index in [9.17, 15) is 0 Å². The molecule has 4 heteroatoms. The summed E-state index contributed by atoms with van der Waals surface area (Å²) in [5, 5.41) is 1.16. The van der Waals surface area contributed by atoms with Gasteiger partial charge in [0.2, 0.25) is 0 Å². The average molecular weight is 330 g/mol. The van der Waals surface area contributed by atoms with E-state index in [0.717, 1.165) is 47.1 Å². The van der Waals surface area contributed by atoms with Crippen LogP contribution in [0, 0.1) is 11.8 Å². The number of benzene rings is 1. The molecular formula is C21H22N4. The smallest absolute Gasteiger partial charge is 0.0710 e. The molecule has 2 atom stereocenters. The third-order valence-corrected chi connectivity index (χ3v) is 5.70. The van der Waals surface area contributed by atoms with Gasteiger partial charge in [0.05, 0.1) is 23.1 Å². The maximum Gasteiger partial charge on any atom is 0.0710 e. The Bertz CT molecular complexity index is 886. The lowest BCUT2D eigenvalue weighted by Crippen LogP contribution is -2.26. The van der Waals surface area contributed by atoms with Crippen LogP contribution in [0.3, 0.4) is 0 Å². The Morgan fingerprint density at radius 3 is 2.48 bits per heavy atom. The number of fused-ring (bicyclic) bond motifs is 2. The highest BCUT2D eigenvalue weighted by Crippen LogP contribution is 2.34. The molecule has 2 fully saturated rings. The fourth-order valence-electron chi connectivity index (χ4n) is 4.50. The second-order valence-corrected chi connectivity index (χ2v) is 7.42. The van der Waals surface area contributed by atoms with Gasteiger partial charge in [-0.1, -0.05) is 18.2 Å². The van der Waals surface area contributed by atoms with Gasteiger partial charge in [-0.15, -0.1) is 0 Å². The van der Waals surface area contributed by atoms with E-state index in [4.69, 9.17) is 4.98 Å². The molecule has 0 aliphatic carbocycles. The van der Waals surface area contributed by atoms with Crippen molar-refractivity contribution >= 4 is 16.6 Å². The maximum atomic E-state index is 4.77. The molecule has 126 valence electrons. The van der Waals surface area contributed by atoms with E-state index in [0.29, 0.717) is 0 Å². The molecule has 3 aromatic rings. The number of anilines is 1. The fourth-order valence-corrected chi connectivity index (χ4v) is 4.50. The van der Waals surface area contributed by atoms with Crippen LogP contribution in [0.25, 0.3) is 22.2 Å². The molecule has 0 bridgehead atoms. The van der Waals surface area contributed by atoms with Gasteiger partial charge in [0.15, 0.2) is 0 Å². The van der Waals surface area contributed by atoms with Crippen LogP contribution in [0.5, 0.6) is 0 Å². The quantitative estimate of drug-likeness (QED) is 0.722. The summed E-state index contributed by atoms with van der Waals surface area (Å²) in [5.41, 5.74) is 4.43. The molecule has 0 N–H and O–H groups in total. The molecule has 4 nitrogen and oxygen atoms in total. The lowest BCUT2D eigenvalue weighted by Gasteiger charge is -2.21. The van der Waals surface area contributed by atoms with Gasteiger partial charge in [-0.25, -0.2) is 0 Å². The van der Waals surface area contributed by atoms with Gasteiger partial charge in [0.25, 0.3) is 0 Å². The summed E-state index contributed by atoms with van der Waals surface area (Å²) in [6, 6.07) is 14.7. The van der Waals surface area contributed by atoms with E-state index in [1.165, 1.54) is 18.8 Å². The summed E-state index contributed by atoms with van der Waals surface area (Å²) in [5.74, 6) is 1.63. The summed E-state index contributed by atoms with van der Waals surface area (Å²) >= 11 is 0. The van der Waals surface area contributed by atoms with Gasteiger partial charge in [-0.3, -0.25) is 9.97 Å². The molecule has 2 aliphatic heterocycles. The van der Waals surface area contributed by atoms with E-state index in [-0.39, 0.29) is 0 Å². The van der Waals surface area contributed by atoms with Crippen molar-refractivity contribution in [2.45, 2.75) is 0 Å². The second kappa shape index (κ2) is 5.81. The predicted molar refractivity (Wildman–Crippen MR) is 102 cm³/mol. The van der Waals surface area contributed by atoms with E-state index < -0.39 is 0 Å². The van der Waals surface area contributed by atoms with Gasteiger partial charge < -0.3 is 9.80 Å². The number of likely N-dealkylation sites (tertiary alicyclic amines) is 1. The van der Waals surface area contributed by atoms with Gasteiger partial charge in [-0.05, 0) is 43.1 Å². The molecular weight excluding hydrogens is 308 g/mol. The highest BCUT2D eigenvalue weighted by molar-refractivity contribution is 5.93. The molecule has 2 aliphatic rings. The van der Waals surface area contributed by atoms with Gasteiger partial charge in [0.1, 0.15) is 0 Å². The van der Waals surface area contributed by atoms with Crippen LogP contribution in [0.15, 0.2) is 54.9 Å². The van der Waals surface area contributed by atoms with Gasteiger partial charge in [0, 0.05) is 43.3 Å². The topological polar surface area (TPSA) is 32.3 Å². The zero-order valence-electron chi connectivity index (χ0n) is 14.5. The van der Waals surface area contributed by atoms with Crippen LogP contribution < -0.4 is 4.90 Å². The van der Waals surface area contributed by atoms with Crippen molar-refractivity contribution in [3.8, 4) is 11.3 Å². The number of rotatable bonds is 2. The standard InChI is InChI=1S/C21H22N4/c1-24-11-15-13-25(14-16(15)12-24)17-7-8-21(23-10-17)18-4-2-6-20-19(18)5-3-9-22-20/h2-10,15-16H,11-14H2,1H3. The average Bonchev–Trinajstić information content (AvgIpc) is 3.19. The monoisotopic (exact) mass is 330 g/mol. The fraction of sp³-hybridized carbons (Fsp3) is 0.333. The highest BCUT2D eigenvalue weighted by Gasteiger charge is 2.38. The Kier molecular flexibility index (Phi) is 3.45. The van der Waals surface area contributed by atoms with Crippen molar-refractivity contribution in [2.75, 3.05) is 38.1 Å². The molecule has 25 heavy (non-hydrogen) atoms. The lowest BCUT2D eigenvalue weighted by atomic mass is 10.0. The molecule has 0 saturated carbocycles. The summed E-state index contributed by atoms with van der Waals surface area (Å²) in [7, 11) is 2.23. The summed E-state index contributed by atoms with van der Waals surface area (Å²) < 4.78 is 0. The molecule has 2 unspecified atom stereocenters. The first-order chi connectivity index (χ1) is 12.3. The number of hydrogen-bond donors (Lipinski definition) is 0. The number of aromatic nitrogens is 2. The Hall–Kier alpha value is -2.46. The van der Waals surface area contributed by atoms with Crippen molar-refractivity contribution in [1.82, 2.24) is 14.9 Å². The van der Waals surface area contributed by atoms with E-state index in [2.05, 4.69) is 52.2 Å². The number of hydrogen-bond acceptors (Lipinski definition) is 4. The maximum absolute atomic E-state index is 4.77. The second-order valence-electron chi connectivity index (χ2n) is 7.42. The molecule has 1 aromatic carbocycles. The van der Waals surface area contributed by atoms with Crippen molar-refractivity contribution < 1.29 is 0 Å². The number of pyridine rings is 2. The van der Waals surface area contributed by atoms with Crippen LogP contribution in [-0.2, 0) is 0 Å². The first-order valence-electron chi connectivity index (χ1n) is 9.01. The van der Waals surface area contributed by atoms with E-state index >= 15 is 0 Å². The van der Waals surface area contributed by atoms with E-state index in [1.54, 1.807) is 0 Å². The predicted octanol–water partition coefficient (Wildman–Crippen LogP) is 3.29. The molecule has 0 amide bonds. The van der Waals surface area contributed by atoms with Crippen LogP contribution in [0.1, 0.15) is 0 Å². The van der Waals surface area contributed by atoms with Crippen molar-refractivity contribution in [3.05, 3.63) is 54.9 Å². The minimum atomic E-state index is 0.814. The minimum Gasteiger partial charge on any atom is -0.370 e. The normalized spacial score (nSPS) is 23.3. The molecule has 2 aromatic heterocycles. The van der Waals surface area contributed by atoms with Crippen LogP contribution >= 0.6 is 0 Å². The Morgan fingerprint density at radius 1 is 0.880 bits per heavy atom. The third kappa shape index (κ3) is 2.57. The molecule has 0 spiro atoms. The zero-order valence-corrected chi connectivity index (χ0v) is 14.5. The molecule has 0 radical (unpaired) electrons. The van der Waals surface area contributed by atoms with Gasteiger partial charge >= 0.3 is 0 Å². The summed E-state index contributed by atoms with van der Waals surface area (Å²) in [6.07, 6.45) is 3.87. The van der Waals surface area contributed by atoms with Crippen molar-refractivity contribution in [2.24, 2.45) is 11.8 Å². The van der Waals surface area contributed by atoms with Gasteiger partial charge in [-0.2, -0.15) is 0 Å². The van der Waals surface area contributed by atoms with Crippen LogP contribution in [0.4, 0.5) is 5.69 Å². The van der Waals surface area contributed by atoms with E-state index in [1.807, 2.05) is 24.5 Å². The Balaban J connectivity index is 1.42. The minimum absolute atomic E-state index is 0.814. The Morgan fingerprint density at radius 2 is 1.72 bits per heavy atom. The van der Waals surface area contributed by atoms with Crippen molar-refractivity contribution in [3.63, 3.8) is 0 Å². The highest BCUT2D eigenvalue weighted by atomic mass is 15.2. The molecule has 4 heterocycles. The first-order valence-corrected chi connectivity index (χ1v) is 9.01. The Labute approximate surface area is 148 Å². The first kappa shape index (κ1) is 14.8. The SMILES string of the molecule is CN1CC2CN(c3ccc(-c4cccc5ncccc45)nc3)CC2C1. The molecule has 2 saturated heterocycles. The largest absolute Gasteiger partial charge is 0.370 e. The van der Waals surface area contributed by atoms with Crippen LogP contribution in [0.2, 0.25) is 0 Å².